The second-order valence-electron chi connectivity index (χ2n) is 9.95. The van der Waals surface area contributed by atoms with E-state index in [4.69, 9.17) is 0 Å². The van der Waals surface area contributed by atoms with Crippen LogP contribution in [0, 0.1) is 47.3 Å². The fourth-order valence-electron chi connectivity index (χ4n) is 7.75. The van der Waals surface area contributed by atoms with Crippen LogP contribution in [0.5, 0.6) is 0 Å². The van der Waals surface area contributed by atoms with Crippen molar-refractivity contribution in [1.29, 1.82) is 0 Å². The molecule has 6 saturated carbocycles. The van der Waals surface area contributed by atoms with E-state index in [1.807, 2.05) is 0 Å². The molecular formula is C21H34N2O. The summed E-state index contributed by atoms with van der Waals surface area (Å²) in [4.78, 5) is 12.2. The molecule has 6 aliphatic rings. The summed E-state index contributed by atoms with van der Waals surface area (Å²) in [5.74, 6) is 7.55. The van der Waals surface area contributed by atoms with Crippen molar-refractivity contribution in [3.63, 3.8) is 0 Å². The highest BCUT2D eigenvalue weighted by atomic mass is 16.2. The van der Waals surface area contributed by atoms with Crippen LogP contribution >= 0.6 is 0 Å². The first-order valence-corrected chi connectivity index (χ1v) is 10.8. The Morgan fingerprint density at radius 3 is 2.08 bits per heavy atom. The summed E-state index contributed by atoms with van der Waals surface area (Å²) < 4.78 is 0. The molecule has 24 heavy (non-hydrogen) atoms. The molecule has 0 aromatic heterocycles. The van der Waals surface area contributed by atoms with E-state index in [-0.39, 0.29) is 6.03 Å². The summed E-state index contributed by atoms with van der Waals surface area (Å²) in [5.41, 5.74) is 0. The molecule has 3 heteroatoms. The first-order valence-electron chi connectivity index (χ1n) is 10.8. The Hall–Kier alpha value is -0.730. The third-order valence-corrected chi connectivity index (χ3v) is 8.61. The second kappa shape index (κ2) is 6.21. The monoisotopic (exact) mass is 330 g/mol. The van der Waals surface area contributed by atoms with Gasteiger partial charge in [-0.1, -0.05) is 6.42 Å². The molecule has 6 fully saturated rings. The predicted octanol–water partition coefficient (Wildman–Crippen LogP) is 4.18. The van der Waals surface area contributed by atoms with Crippen LogP contribution in [0.1, 0.15) is 64.2 Å². The summed E-state index contributed by atoms with van der Waals surface area (Å²) in [7, 11) is 0. The standard InChI is InChI=1S/C21H34N2O/c24-21(22-4-3-17-7-13-1-2-16(17)6-13)23-12-20-18-8-14-5-15(10-18)11-19(20)9-14/h13-20H,1-12H2,(H2,22,23,24). The van der Waals surface area contributed by atoms with Crippen molar-refractivity contribution in [2.45, 2.75) is 64.2 Å². The Labute approximate surface area is 146 Å². The number of carbonyl (C=O) groups is 1. The van der Waals surface area contributed by atoms with E-state index >= 15 is 0 Å². The van der Waals surface area contributed by atoms with Crippen LogP contribution in [-0.4, -0.2) is 19.1 Å². The van der Waals surface area contributed by atoms with Gasteiger partial charge in [-0.15, -0.1) is 0 Å². The number of hydrogen-bond donors (Lipinski definition) is 2. The smallest absolute Gasteiger partial charge is 0.314 e. The zero-order valence-corrected chi connectivity index (χ0v) is 15.0. The van der Waals surface area contributed by atoms with Gasteiger partial charge in [0.25, 0.3) is 0 Å². The molecule has 0 aromatic carbocycles. The Morgan fingerprint density at radius 1 is 0.750 bits per heavy atom. The number of rotatable bonds is 5. The van der Waals surface area contributed by atoms with Gasteiger partial charge < -0.3 is 10.6 Å². The maximum Gasteiger partial charge on any atom is 0.314 e. The molecule has 6 rings (SSSR count). The number of amides is 2. The van der Waals surface area contributed by atoms with Crippen LogP contribution in [0.2, 0.25) is 0 Å². The zero-order chi connectivity index (χ0) is 16.1. The van der Waals surface area contributed by atoms with Gasteiger partial charge in [0.05, 0.1) is 0 Å². The third-order valence-electron chi connectivity index (χ3n) is 8.61. The van der Waals surface area contributed by atoms with Gasteiger partial charge in [0.1, 0.15) is 0 Å². The van der Waals surface area contributed by atoms with Crippen molar-refractivity contribution in [2.24, 2.45) is 47.3 Å². The third kappa shape index (κ3) is 2.86. The SMILES string of the molecule is O=C(NCCC1CC2CCC1C2)NCC1C2CC3CC(C2)CC1C3. The van der Waals surface area contributed by atoms with Gasteiger partial charge in [-0.25, -0.2) is 4.79 Å². The van der Waals surface area contributed by atoms with Crippen LogP contribution in [0.3, 0.4) is 0 Å². The maximum atomic E-state index is 12.2. The average Bonchev–Trinajstić information content (AvgIpc) is 3.16. The molecular weight excluding hydrogens is 296 g/mol. The topological polar surface area (TPSA) is 41.1 Å². The van der Waals surface area contributed by atoms with E-state index in [0.29, 0.717) is 0 Å². The molecule has 0 saturated heterocycles. The first kappa shape index (κ1) is 15.5. The van der Waals surface area contributed by atoms with Crippen molar-refractivity contribution < 1.29 is 4.79 Å². The highest BCUT2D eigenvalue weighted by Crippen LogP contribution is 2.56. The van der Waals surface area contributed by atoms with E-state index in [9.17, 15) is 4.79 Å². The summed E-state index contributed by atoms with van der Waals surface area (Å²) in [6.45, 7) is 1.80. The number of nitrogens with one attached hydrogen (secondary N) is 2. The first-order chi connectivity index (χ1) is 11.7. The highest BCUT2D eigenvalue weighted by Gasteiger charge is 2.48. The molecule has 0 aromatic rings. The van der Waals surface area contributed by atoms with Crippen LogP contribution < -0.4 is 10.6 Å². The van der Waals surface area contributed by atoms with Gasteiger partial charge in [-0.05, 0) is 105 Å². The summed E-state index contributed by atoms with van der Waals surface area (Å²) in [5, 5.41) is 6.36. The van der Waals surface area contributed by atoms with Gasteiger partial charge in [0.2, 0.25) is 0 Å². The summed E-state index contributed by atoms with van der Waals surface area (Å²) in [6, 6.07) is 0.0898. The molecule has 2 N–H and O–H groups in total. The Morgan fingerprint density at radius 2 is 1.46 bits per heavy atom. The quantitative estimate of drug-likeness (QED) is 0.780. The minimum absolute atomic E-state index is 0.0898. The molecule has 3 unspecified atom stereocenters. The fourth-order valence-corrected chi connectivity index (χ4v) is 7.75. The van der Waals surface area contributed by atoms with E-state index in [1.54, 1.807) is 0 Å². The lowest BCUT2D eigenvalue weighted by atomic mass is 9.52. The molecule has 3 nitrogen and oxygen atoms in total. The van der Waals surface area contributed by atoms with Gasteiger partial charge in [-0.2, -0.15) is 0 Å². The molecule has 6 bridgehead atoms. The van der Waals surface area contributed by atoms with Crippen LogP contribution in [0.15, 0.2) is 0 Å². The average molecular weight is 331 g/mol. The number of fused-ring (bicyclic) bond motifs is 2. The molecule has 3 atom stereocenters. The fraction of sp³-hybridized carbons (Fsp3) is 0.952. The van der Waals surface area contributed by atoms with E-state index in [1.165, 1.54) is 64.2 Å². The Balaban J connectivity index is 1.03. The predicted molar refractivity (Wildman–Crippen MR) is 95.5 cm³/mol. The summed E-state index contributed by atoms with van der Waals surface area (Å²) >= 11 is 0. The van der Waals surface area contributed by atoms with Gasteiger partial charge >= 0.3 is 6.03 Å². The summed E-state index contributed by atoms with van der Waals surface area (Å²) in [6.07, 6.45) is 14.3. The number of carbonyl (C=O) groups excluding carboxylic acids is 1. The lowest BCUT2D eigenvalue weighted by molar-refractivity contribution is -0.0343. The molecule has 0 spiro atoms. The lowest BCUT2D eigenvalue weighted by Crippen LogP contribution is -2.50. The molecule has 2 amide bonds. The van der Waals surface area contributed by atoms with E-state index in [2.05, 4.69) is 10.6 Å². The molecule has 0 radical (unpaired) electrons. The highest BCUT2D eigenvalue weighted by molar-refractivity contribution is 5.73. The van der Waals surface area contributed by atoms with E-state index < -0.39 is 0 Å². The molecule has 0 aliphatic heterocycles. The van der Waals surface area contributed by atoms with Crippen molar-refractivity contribution in [1.82, 2.24) is 10.6 Å². The van der Waals surface area contributed by atoms with Crippen molar-refractivity contribution >= 4 is 6.03 Å². The van der Waals surface area contributed by atoms with Crippen molar-refractivity contribution in [3.8, 4) is 0 Å². The zero-order valence-electron chi connectivity index (χ0n) is 15.0. The van der Waals surface area contributed by atoms with E-state index in [0.717, 1.165) is 60.4 Å². The molecule has 6 aliphatic carbocycles. The minimum atomic E-state index is 0.0898. The minimum Gasteiger partial charge on any atom is -0.338 e. The van der Waals surface area contributed by atoms with Crippen LogP contribution in [0.4, 0.5) is 4.79 Å². The van der Waals surface area contributed by atoms with Crippen LogP contribution in [-0.2, 0) is 0 Å². The maximum absolute atomic E-state index is 12.2. The Kier molecular flexibility index (Phi) is 4.02. The van der Waals surface area contributed by atoms with Crippen LogP contribution in [0.25, 0.3) is 0 Å². The van der Waals surface area contributed by atoms with Crippen molar-refractivity contribution in [3.05, 3.63) is 0 Å². The van der Waals surface area contributed by atoms with Gasteiger partial charge in [-0.3, -0.25) is 0 Å². The largest absolute Gasteiger partial charge is 0.338 e. The van der Waals surface area contributed by atoms with Crippen molar-refractivity contribution in [2.75, 3.05) is 13.1 Å². The Bertz CT molecular complexity index is 462. The lowest BCUT2D eigenvalue weighted by Gasteiger charge is -2.54. The normalized spacial score (nSPS) is 48.0. The molecule has 0 heterocycles. The van der Waals surface area contributed by atoms with Gasteiger partial charge in [0, 0.05) is 13.1 Å². The second-order valence-corrected chi connectivity index (χ2v) is 9.95. The number of hydrogen-bond acceptors (Lipinski definition) is 1. The number of urea groups is 1. The molecule has 134 valence electrons. The van der Waals surface area contributed by atoms with Gasteiger partial charge in [0.15, 0.2) is 0 Å².